The van der Waals surface area contributed by atoms with Crippen molar-refractivity contribution in [2.45, 2.75) is 19.8 Å². The molecule has 0 aliphatic rings. The highest BCUT2D eigenvalue weighted by Gasteiger charge is 2.27. The molecular weight excluding hydrogens is 351 g/mol. The summed E-state index contributed by atoms with van der Waals surface area (Å²) < 4.78 is 90.0. The van der Waals surface area contributed by atoms with Crippen LogP contribution in [0.15, 0.2) is 24.3 Å². The van der Waals surface area contributed by atoms with Gasteiger partial charge in [-0.05, 0) is 19.0 Å². The maximum absolute atomic E-state index is 13.4. The average Bonchev–Trinajstić information content (AvgIpc) is 2.61. The van der Waals surface area contributed by atoms with Crippen LogP contribution < -0.4 is 5.32 Å². The Morgan fingerprint density at radius 3 is 1.80 bits per heavy atom. The van der Waals surface area contributed by atoms with E-state index in [2.05, 4.69) is 12.2 Å². The van der Waals surface area contributed by atoms with Crippen molar-refractivity contribution in [1.29, 1.82) is 0 Å². The third-order valence-corrected chi connectivity index (χ3v) is 3.15. The van der Waals surface area contributed by atoms with E-state index >= 15 is 0 Å². The third-order valence-electron chi connectivity index (χ3n) is 3.15. The number of nitrogens with one attached hydrogen (secondary N) is 1. The van der Waals surface area contributed by atoms with Gasteiger partial charge in [-0.15, -0.1) is 0 Å². The highest BCUT2D eigenvalue weighted by molar-refractivity contribution is 5.65. The minimum absolute atomic E-state index is 0.389. The van der Waals surface area contributed by atoms with E-state index in [4.69, 9.17) is 0 Å². The lowest BCUT2D eigenvalue weighted by Gasteiger charge is -2.08. The van der Waals surface area contributed by atoms with Gasteiger partial charge in [-0.25, -0.2) is 30.7 Å². The Morgan fingerprint density at radius 1 is 0.800 bits per heavy atom. The number of unbranched alkanes of at least 4 members (excludes halogenated alkanes) is 1. The molecule has 138 valence electrons. The predicted molar refractivity (Wildman–Crippen MR) is 80.5 cm³/mol. The minimum atomic E-state index is -2.27. The van der Waals surface area contributed by atoms with Crippen LogP contribution >= 0.6 is 0 Å². The molecule has 0 unspecified atom stereocenters. The second-order valence-electron chi connectivity index (χ2n) is 4.91. The SMILES string of the molecule is CCCCNCF.Fc1ccccc1-c1c(F)c(F)c(F)c(F)c1F. The first-order valence-electron chi connectivity index (χ1n) is 7.39. The summed E-state index contributed by atoms with van der Waals surface area (Å²) in [6.07, 6.45) is 2.21. The summed E-state index contributed by atoms with van der Waals surface area (Å²) in [6.45, 7) is 2.51. The van der Waals surface area contributed by atoms with Gasteiger partial charge in [0.15, 0.2) is 23.3 Å². The summed E-state index contributed by atoms with van der Waals surface area (Å²) in [5.74, 6) is -11.7. The molecule has 1 N–H and O–H groups in total. The Bertz CT molecular complexity index is 671. The number of rotatable bonds is 5. The van der Waals surface area contributed by atoms with Crippen LogP contribution in [0.3, 0.4) is 0 Å². The highest BCUT2D eigenvalue weighted by Crippen LogP contribution is 2.32. The van der Waals surface area contributed by atoms with Gasteiger partial charge in [0.2, 0.25) is 5.82 Å². The molecule has 1 nitrogen and oxygen atoms in total. The van der Waals surface area contributed by atoms with Crippen LogP contribution in [0.5, 0.6) is 0 Å². The highest BCUT2D eigenvalue weighted by atomic mass is 19.2. The largest absolute Gasteiger partial charge is 0.290 e. The molecule has 2 rings (SSSR count). The van der Waals surface area contributed by atoms with Crippen molar-refractivity contribution in [3.05, 3.63) is 59.2 Å². The Hall–Kier alpha value is -2.09. The van der Waals surface area contributed by atoms with Gasteiger partial charge in [0.1, 0.15) is 12.6 Å². The lowest BCUT2D eigenvalue weighted by Crippen LogP contribution is -2.12. The molecule has 0 amide bonds. The first kappa shape index (κ1) is 21.0. The van der Waals surface area contributed by atoms with Crippen molar-refractivity contribution >= 4 is 0 Å². The van der Waals surface area contributed by atoms with E-state index in [1.54, 1.807) is 0 Å². The molecule has 2 aromatic carbocycles. The molecule has 25 heavy (non-hydrogen) atoms. The Balaban J connectivity index is 0.000000381. The van der Waals surface area contributed by atoms with E-state index in [-0.39, 0.29) is 6.80 Å². The van der Waals surface area contributed by atoms with Gasteiger partial charge in [0, 0.05) is 5.56 Å². The fourth-order valence-electron chi connectivity index (χ4n) is 1.87. The molecule has 0 atom stereocenters. The predicted octanol–water partition coefficient (Wildman–Crippen LogP) is 5.49. The van der Waals surface area contributed by atoms with Crippen molar-refractivity contribution in [3.8, 4) is 11.1 Å². The number of alkyl halides is 1. The molecule has 0 saturated heterocycles. The molecule has 0 spiro atoms. The van der Waals surface area contributed by atoms with E-state index < -0.39 is 46.0 Å². The molecule has 8 heteroatoms. The van der Waals surface area contributed by atoms with E-state index in [1.165, 1.54) is 12.1 Å². The topological polar surface area (TPSA) is 12.0 Å². The lowest BCUT2D eigenvalue weighted by atomic mass is 10.0. The molecule has 0 aliphatic carbocycles. The lowest BCUT2D eigenvalue weighted by molar-refractivity contribution is 0.381. The summed E-state index contributed by atoms with van der Waals surface area (Å²) >= 11 is 0. The molecule has 0 fully saturated rings. The van der Waals surface area contributed by atoms with Crippen LogP contribution in [-0.4, -0.2) is 13.3 Å². The fraction of sp³-hybridized carbons (Fsp3) is 0.294. The zero-order valence-electron chi connectivity index (χ0n) is 13.3. The normalized spacial score (nSPS) is 10.4. The van der Waals surface area contributed by atoms with Gasteiger partial charge in [-0.1, -0.05) is 31.5 Å². The Kier molecular flexibility index (Phi) is 8.40. The molecular formula is C17H16F7N. The van der Waals surface area contributed by atoms with Crippen LogP contribution in [0.2, 0.25) is 0 Å². The van der Waals surface area contributed by atoms with E-state index in [1.807, 2.05) is 0 Å². The monoisotopic (exact) mass is 367 g/mol. The first-order chi connectivity index (χ1) is 11.9. The van der Waals surface area contributed by atoms with E-state index in [0.717, 1.165) is 31.5 Å². The summed E-state index contributed by atoms with van der Waals surface area (Å²) in [5.41, 5.74) is -1.96. The number of halogens is 7. The Morgan fingerprint density at radius 2 is 1.32 bits per heavy atom. The van der Waals surface area contributed by atoms with Crippen molar-refractivity contribution in [2.75, 3.05) is 13.3 Å². The summed E-state index contributed by atoms with van der Waals surface area (Å²) in [7, 11) is 0. The zero-order valence-corrected chi connectivity index (χ0v) is 13.3. The van der Waals surface area contributed by atoms with Gasteiger partial charge in [0.05, 0.1) is 5.56 Å². The molecule has 2 aromatic rings. The number of hydrogen-bond donors (Lipinski definition) is 1. The third kappa shape index (κ3) is 5.19. The van der Waals surface area contributed by atoms with Gasteiger partial charge in [0.25, 0.3) is 0 Å². The molecule has 0 saturated carbocycles. The first-order valence-corrected chi connectivity index (χ1v) is 7.39. The van der Waals surface area contributed by atoms with Crippen molar-refractivity contribution in [3.63, 3.8) is 0 Å². The molecule has 0 radical (unpaired) electrons. The van der Waals surface area contributed by atoms with Crippen molar-refractivity contribution in [1.82, 2.24) is 5.32 Å². The molecule has 0 bridgehead atoms. The van der Waals surface area contributed by atoms with Crippen molar-refractivity contribution < 1.29 is 30.7 Å². The van der Waals surface area contributed by atoms with Gasteiger partial charge >= 0.3 is 0 Å². The van der Waals surface area contributed by atoms with E-state index in [0.29, 0.717) is 0 Å². The van der Waals surface area contributed by atoms with Gasteiger partial charge < -0.3 is 0 Å². The van der Waals surface area contributed by atoms with E-state index in [9.17, 15) is 30.7 Å². The Labute approximate surface area is 140 Å². The number of benzene rings is 2. The van der Waals surface area contributed by atoms with Crippen LogP contribution in [0.25, 0.3) is 11.1 Å². The quantitative estimate of drug-likeness (QED) is 0.242. The number of hydrogen-bond acceptors (Lipinski definition) is 1. The molecule has 0 aromatic heterocycles. The standard InChI is InChI=1S/C12H4F6.C5H12FN/c13-6-4-2-1-3-5(6)7-8(14)10(16)12(18)11(17)9(7)15;1-2-3-4-7-5-6/h1-4H;7H,2-5H2,1H3. The minimum Gasteiger partial charge on any atom is -0.290 e. The van der Waals surface area contributed by atoms with Crippen LogP contribution in [0, 0.1) is 34.9 Å². The van der Waals surface area contributed by atoms with Crippen LogP contribution in [0.4, 0.5) is 30.7 Å². The zero-order chi connectivity index (χ0) is 19.0. The average molecular weight is 367 g/mol. The fourth-order valence-corrected chi connectivity index (χ4v) is 1.87. The smallest absolute Gasteiger partial charge is 0.200 e. The maximum Gasteiger partial charge on any atom is 0.200 e. The summed E-state index contributed by atoms with van der Waals surface area (Å²) in [5, 5.41) is 2.58. The van der Waals surface area contributed by atoms with Gasteiger partial charge in [-0.2, -0.15) is 0 Å². The molecule has 0 heterocycles. The van der Waals surface area contributed by atoms with Crippen molar-refractivity contribution in [2.24, 2.45) is 0 Å². The second kappa shape index (κ2) is 10.0. The summed E-state index contributed by atoms with van der Waals surface area (Å²) in [6, 6.07) is 4.22. The van der Waals surface area contributed by atoms with Gasteiger partial charge in [-0.3, -0.25) is 5.32 Å². The maximum atomic E-state index is 13.4. The second-order valence-corrected chi connectivity index (χ2v) is 4.91. The molecule has 0 aliphatic heterocycles. The summed E-state index contributed by atoms with van der Waals surface area (Å²) in [4.78, 5) is 0. The van der Waals surface area contributed by atoms with Crippen LogP contribution in [-0.2, 0) is 0 Å². The van der Waals surface area contributed by atoms with Crippen LogP contribution in [0.1, 0.15) is 19.8 Å².